The molecule has 2 aliphatic heterocycles. The molecule has 37 heavy (non-hydrogen) atoms. The quantitative estimate of drug-likeness (QED) is 0.476. The van der Waals surface area contributed by atoms with Crippen molar-refractivity contribution in [2.45, 2.75) is 45.1 Å². The van der Waals surface area contributed by atoms with Crippen molar-refractivity contribution in [3.63, 3.8) is 0 Å². The summed E-state index contributed by atoms with van der Waals surface area (Å²) in [5.74, 6) is -0.534. The van der Waals surface area contributed by atoms with Crippen molar-refractivity contribution in [3.05, 3.63) is 64.8 Å². The van der Waals surface area contributed by atoms with E-state index in [9.17, 15) is 15.2 Å². The Balaban J connectivity index is 1.31. The van der Waals surface area contributed by atoms with Crippen LogP contribution in [0.25, 0.3) is 10.9 Å². The second-order valence-corrected chi connectivity index (χ2v) is 10.4. The number of fused-ring (bicyclic) bond motifs is 1. The molecule has 0 saturated carbocycles. The van der Waals surface area contributed by atoms with Crippen LogP contribution in [-0.4, -0.2) is 66.4 Å². The van der Waals surface area contributed by atoms with Gasteiger partial charge in [0, 0.05) is 55.0 Å². The van der Waals surface area contributed by atoms with E-state index >= 15 is 0 Å². The number of aromatic nitrogens is 1. The number of H-pyrrole nitrogens is 1. The van der Waals surface area contributed by atoms with E-state index in [0.29, 0.717) is 17.8 Å². The van der Waals surface area contributed by atoms with E-state index in [4.69, 9.17) is 4.74 Å². The molecule has 2 N–H and O–H groups in total. The van der Waals surface area contributed by atoms with Gasteiger partial charge in [0.2, 0.25) is 0 Å². The zero-order chi connectivity index (χ0) is 25.9. The van der Waals surface area contributed by atoms with Crippen LogP contribution in [0.4, 0.5) is 5.69 Å². The van der Waals surface area contributed by atoms with E-state index in [1.807, 2.05) is 12.1 Å². The molecule has 2 saturated heterocycles. The Hall–Kier alpha value is -3.34. The molecule has 0 radical (unpaired) electrons. The lowest BCUT2D eigenvalue weighted by Gasteiger charge is -2.46. The van der Waals surface area contributed by atoms with Crippen LogP contribution < -0.4 is 4.90 Å². The third kappa shape index (κ3) is 5.22. The summed E-state index contributed by atoms with van der Waals surface area (Å²) in [5.41, 5.74) is 5.52. The molecule has 3 unspecified atom stereocenters. The number of hydrogen-bond donors (Lipinski definition) is 2. The molecule has 0 bridgehead atoms. The minimum Gasteiger partial charge on any atom is -0.478 e. The van der Waals surface area contributed by atoms with Crippen molar-refractivity contribution in [3.8, 4) is 6.07 Å². The lowest BCUT2D eigenvalue weighted by molar-refractivity contribution is -0.000766. The molecule has 7 nitrogen and oxygen atoms in total. The largest absolute Gasteiger partial charge is 0.478 e. The predicted octanol–water partition coefficient (Wildman–Crippen LogP) is 4.96. The van der Waals surface area contributed by atoms with Crippen LogP contribution in [0.15, 0.2) is 42.6 Å². The molecule has 2 fully saturated rings. The topological polar surface area (TPSA) is 92.6 Å². The number of aromatic amines is 1. The zero-order valence-corrected chi connectivity index (χ0v) is 21.7. The molecule has 194 valence electrons. The maximum Gasteiger partial charge on any atom is 0.337 e. The average Bonchev–Trinajstić information content (AvgIpc) is 3.36. The molecule has 7 heteroatoms. The smallest absolute Gasteiger partial charge is 0.337 e. The second-order valence-electron chi connectivity index (χ2n) is 10.4. The third-order valence-electron chi connectivity index (χ3n) is 8.37. The molecule has 2 aliphatic rings. The van der Waals surface area contributed by atoms with Crippen LogP contribution in [0.1, 0.15) is 52.7 Å². The van der Waals surface area contributed by atoms with Gasteiger partial charge in [-0.25, -0.2) is 4.79 Å². The first-order valence-corrected chi connectivity index (χ1v) is 13.4. The highest BCUT2D eigenvalue weighted by atomic mass is 16.5. The number of aromatic carboxylic acids is 1. The summed E-state index contributed by atoms with van der Waals surface area (Å²) in [6, 6.07) is 15.3. The average molecular weight is 501 g/mol. The van der Waals surface area contributed by atoms with Crippen molar-refractivity contribution in [2.24, 2.45) is 5.92 Å². The first kappa shape index (κ1) is 25.3. The molecule has 3 aromatic rings. The molecule has 0 amide bonds. The Bertz CT molecular complexity index is 1300. The Morgan fingerprint density at radius 2 is 2.03 bits per heavy atom. The van der Waals surface area contributed by atoms with Gasteiger partial charge in [-0.3, -0.25) is 4.90 Å². The molecule has 0 aliphatic carbocycles. The predicted molar refractivity (Wildman–Crippen MR) is 145 cm³/mol. The number of hydrogen-bond acceptors (Lipinski definition) is 5. The van der Waals surface area contributed by atoms with Gasteiger partial charge in [-0.05, 0) is 60.6 Å². The lowest BCUT2D eigenvalue weighted by Crippen LogP contribution is -2.55. The number of anilines is 1. The number of carbonyl (C=O) groups is 1. The standard InChI is InChI=1S/C30H36N4O3/c1-3-21-8-9-34(19-29(21)33-10-12-37-13-11-33)25-6-4-22(20(2)14-25)15-24(17-31)23-5-7-26-27(30(35)36)18-32-28(26)16-23/h4-7,14,16,18,21,24,29,32H,3,8-13,15,19H2,1-2H3,(H,35,36). The summed E-state index contributed by atoms with van der Waals surface area (Å²) in [6.07, 6.45) is 4.55. The second kappa shape index (κ2) is 11.0. The van der Waals surface area contributed by atoms with Crippen molar-refractivity contribution < 1.29 is 14.6 Å². The minimum absolute atomic E-state index is 0.250. The number of rotatable bonds is 7. The monoisotopic (exact) mass is 500 g/mol. The third-order valence-corrected chi connectivity index (χ3v) is 8.37. The first-order chi connectivity index (χ1) is 18.0. The summed E-state index contributed by atoms with van der Waals surface area (Å²) in [4.78, 5) is 19.6. The number of piperidine rings is 1. The zero-order valence-electron chi connectivity index (χ0n) is 21.7. The molecule has 0 spiro atoms. The normalized spacial score (nSPS) is 21.6. The molecular weight excluding hydrogens is 464 g/mol. The molecule has 2 aromatic carbocycles. The van der Waals surface area contributed by atoms with Crippen LogP contribution in [-0.2, 0) is 11.2 Å². The first-order valence-electron chi connectivity index (χ1n) is 13.4. The maximum atomic E-state index is 11.4. The van der Waals surface area contributed by atoms with Gasteiger partial charge in [0.05, 0.1) is 30.8 Å². The van der Waals surface area contributed by atoms with E-state index < -0.39 is 5.97 Å². The van der Waals surface area contributed by atoms with E-state index in [-0.39, 0.29) is 11.5 Å². The van der Waals surface area contributed by atoms with Gasteiger partial charge in [-0.1, -0.05) is 31.5 Å². The van der Waals surface area contributed by atoms with E-state index in [0.717, 1.165) is 56.4 Å². The Morgan fingerprint density at radius 1 is 1.22 bits per heavy atom. The van der Waals surface area contributed by atoms with Crippen LogP contribution in [0.5, 0.6) is 0 Å². The van der Waals surface area contributed by atoms with Gasteiger partial charge >= 0.3 is 5.97 Å². The number of benzene rings is 2. The van der Waals surface area contributed by atoms with Gasteiger partial charge in [-0.15, -0.1) is 0 Å². The van der Waals surface area contributed by atoms with Crippen LogP contribution in [0, 0.1) is 24.2 Å². The Morgan fingerprint density at radius 3 is 2.73 bits per heavy atom. The van der Waals surface area contributed by atoms with Crippen molar-refractivity contribution >= 4 is 22.6 Å². The van der Waals surface area contributed by atoms with E-state index in [2.05, 4.69) is 52.9 Å². The van der Waals surface area contributed by atoms with Gasteiger partial charge in [0.15, 0.2) is 0 Å². The fourth-order valence-corrected chi connectivity index (χ4v) is 6.11. The van der Waals surface area contributed by atoms with Crippen molar-refractivity contribution in [1.82, 2.24) is 9.88 Å². The lowest BCUT2D eigenvalue weighted by atomic mass is 9.87. The summed E-state index contributed by atoms with van der Waals surface area (Å²) in [5, 5.41) is 20.0. The van der Waals surface area contributed by atoms with Crippen molar-refractivity contribution in [2.75, 3.05) is 44.3 Å². The number of carboxylic acids is 1. The number of carboxylic acid groups (broad SMARTS) is 1. The molecule has 5 rings (SSSR count). The number of ether oxygens (including phenoxy) is 1. The number of nitrogens with zero attached hydrogens (tertiary/aromatic N) is 3. The summed E-state index contributed by atoms with van der Waals surface area (Å²) >= 11 is 0. The number of aryl methyl sites for hydroxylation is 1. The maximum absolute atomic E-state index is 11.4. The van der Waals surface area contributed by atoms with Gasteiger partial charge < -0.3 is 19.7 Å². The number of nitrogens with one attached hydrogen (secondary N) is 1. The highest BCUT2D eigenvalue weighted by molar-refractivity contribution is 6.03. The highest BCUT2D eigenvalue weighted by Crippen LogP contribution is 2.32. The van der Waals surface area contributed by atoms with Crippen molar-refractivity contribution in [1.29, 1.82) is 5.26 Å². The number of nitriles is 1. The molecule has 3 heterocycles. The van der Waals surface area contributed by atoms with Gasteiger partial charge in [-0.2, -0.15) is 5.26 Å². The molecule has 3 atom stereocenters. The van der Waals surface area contributed by atoms with Crippen LogP contribution >= 0.6 is 0 Å². The minimum atomic E-state index is -0.957. The van der Waals surface area contributed by atoms with Gasteiger partial charge in [0.1, 0.15) is 0 Å². The van der Waals surface area contributed by atoms with Crippen LogP contribution in [0.2, 0.25) is 0 Å². The fraction of sp³-hybridized carbons (Fsp3) is 0.467. The molecule has 1 aromatic heterocycles. The molecular formula is C30H36N4O3. The summed E-state index contributed by atoms with van der Waals surface area (Å²) < 4.78 is 5.60. The van der Waals surface area contributed by atoms with Gasteiger partial charge in [0.25, 0.3) is 0 Å². The van der Waals surface area contributed by atoms with E-state index in [1.165, 1.54) is 35.9 Å². The van der Waals surface area contributed by atoms with E-state index in [1.54, 1.807) is 6.07 Å². The summed E-state index contributed by atoms with van der Waals surface area (Å²) in [6.45, 7) is 10.3. The number of morpholine rings is 1. The highest BCUT2D eigenvalue weighted by Gasteiger charge is 2.33. The van der Waals surface area contributed by atoms with Crippen LogP contribution in [0.3, 0.4) is 0 Å². The Kier molecular flexibility index (Phi) is 7.50. The fourth-order valence-electron chi connectivity index (χ4n) is 6.11. The summed E-state index contributed by atoms with van der Waals surface area (Å²) in [7, 11) is 0. The SMILES string of the molecule is CCC1CCN(c2ccc(CC(C#N)c3ccc4c(C(=O)O)c[nH]c4c3)c(C)c2)CC1N1CCOCC1. The Labute approximate surface area is 218 Å².